The molecule has 1 fully saturated rings. The van der Waals surface area contributed by atoms with Crippen molar-refractivity contribution in [3.63, 3.8) is 0 Å². The van der Waals surface area contributed by atoms with Gasteiger partial charge in [0.1, 0.15) is 11.8 Å². The minimum atomic E-state index is 0.616. The molecular formula is C13H19N5. The van der Waals surface area contributed by atoms with Crippen molar-refractivity contribution in [3.8, 4) is 0 Å². The van der Waals surface area contributed by atoms with Gasteiger partial charge in [-0.1, -0.05) is 19.3 Å². The van der Waals surface area contributed by atoms with E-state index in [9.17, 15) is 0 Å². The molecule has 1 aliphatic rings. The van der Waals surface area contributed by atoms with Gasteiger partial charge in [-0.15, -0.1) is 0 Å². The highest BCUT2D eigenvalue weighted by Gasteiger charge is 2.23. The molecule has 0 spiro atoms. The average molecular weight is 245 g/mol. The molecule has 0 saturated heterocycles. The molecule has 1 saturated carbocycles. The lowest BCUT2D eigenvalue weighted by Gasteiger charge is -2.34. The highest BCUT2D eigenvalue weighted by atomic mass is 15.2. The molecule has 2 aromatic heterocycles. The zero-order chi connectivity index (χ0) is 12.4. The Morgan fingerprint density at radius 3 is 2.83 bits per heavy atom. The summed E-state index contributed by atoms with van der Waals surface area (Å²) >= 11 is 0. The standard InChI is InChI=1S/C13H19N5/c1-2-18(10-6-4-3-5-7-10)13-11-12(15-8-14-11)16-9-17-13/h8-10H,2-7H2,1H3,(H,14,15,16,17). The summed E-state index contributed by atoms with van der Waals surface area (Å²) in [5.74, 6) is 1.01. The summed E-state index contributed by atoms with van der Waals surface area (Å²) in [5.41, 5.74) is 1.72. The zero-order valence-electron chi connectivity index (χ0n) is 10.8. The maximum Gasteiger partial charge on any atom is 0.182 e. The third-order valence-electron chi connectivity index (χ3n) is 3.83. The number of H-pyrrole nitrogens is 1. The summed E-state index contributed by atoms with van der Waals surface area (Å²) in [4.78, 5) is 18.4. The lowest BCUT2D eigenvalue weighted by atomic mass is 9.94. The second-order valence-corrected chi connectivity index (χ2v) is 4.88. The zero-order valence-corrected chi connectivity index (χ0v) is 10.8. The van der Waals surface area contributed by atoms with Gasteiger partial charge >= 0.3 is 0 Å². The molecule has 1 aliphatic carbocycles. The Morgan fingerprint density at radius 1 is 1.22 bits per heavy atom. The number of hydrogen-bond donors (Lipinski definition) is 1. The predicted molar refractivity (Wildman–Crippen MR) is 71.6 cm³/mol. The second-order valence-electron chi connectivity index (χ2n) is 4.88. The van der Waals surface area contributed by atoms with Gasteiger partial charge in [-0.2, -0.15) is 0 Å². The van der Waals surface area contributed by atoms with E-state index in [0.29, 0.717) is 6.04 Å². The Kier molecular flexibility index (Phi) is 3.13. The molecular weight excluding hydrogens is 226 g/mol. The molecule has 0 atom stereocenters. The number of rotatable bonds is 3. The minimum absolute atomic E-state index is 0.616. The summed E-state index contributed by atoms with van der Waals surface area (Å²) in [6.45, 7) is 3.18. The van der Waals surface area contributed by atoms with E-state index in [1.807, 2.05) is 0 Å². The monoisotopic (exact) mass is 245 g/mol. The lowest BCUT2D eigenvalue weighted by Crippen LogP contribution is -2.37. The second kappa shape index (κ2) is 4.92. The lowest BCUT2D eigenvalue weighted by molar-refractivity contribution is 0.417. The van der Waals surface area contributed by atoms with Crippen LogP contribution in [0, 0.1) is 0 Å². The fourth-order valence-electron chi connectivity index (χ4n) is 2.94. The molecule has 0 amide bonds. The van der Waals surface area contributed by atoms with E-state index in [1.165, 1.54) is 32.1 Å². The predicted octanol–water partition coefficient (Wildman–Crippen LogP) is 2.51. The third-order valence-corrected chi connectivity index (χ3v) is 3.83. The van der Waals surface area contributed by atoms with Gasteiger partial charge in [0.15, 0.2) is 11.5 Å². The SMILES string of the molecule is CCN(c1ncnc2nc[nH]c12)C1CCCCC1. The van der Waals surface area contributed by atoms with Crippen LogP contribution in [0.25, 0.3) is 11.2 Å². The van der Waals surface area contributed by atoms with Crippen molar-refractivity contribution in [2.75, 3.05) is 11.4 Å². The number of aromatic nitrogens is 4. The van der Waals surface area contributed by atoms with Crippen LogP contribution in [-0.4, -0.2) is 32.5 Å². The van der Waals surface area contributed by atoms with Crippen LogP contribution >= 0.6 is 0 Å². The van der Waals surface area contributed by atoms with Gasteiger partial charge in [-0.25, -0.2) is 15.0 Å². The summed E-state index contributed by atoms with van der Waals surface area (Å²) in [6.07, 6.45) is 9.89. The average Bonchev–Trinajstić information content (AvgIpc) is 2.90. The topological polar surface area (TPSA) is 57.7 Å². The maximum absolute atomic E-state index is 4.47. The molecule has 0 unspecified atom stereocenters. The van der Waals surface area contributed by atoms with Crippen molar-refractivity contribution in [2.24, 2.45) is 0 Å². The summed E-state index contributed by atoms with van der Waals surface area (Å²) < 4.78 is 0. The molecule has 5 nitrogen and oxygen atoms in total. The van der Waals surface area contributed by atoms with Crippen LogP contribution in [-0.2, 0) is 0 Å². The van der Waals surface area contributed by atoms with E-state index >= 15 is 0 Å². The van der Waals surface area contributed by atoms with Crippen LogP contribution in [0.5, 0.6) is 0 Å². The Balaban J connectivity index is 1.97. The fraction of sp³-hybridized carbons (Fsp3) is 0.615. The van der Waals surface area contributed by atoms with E-state index in [0.717, 1.165) is 23.5 Å². The van der Waals surface area contributed by atoms with Crippen LogP contribution in [0.3, 0.4) is 0 Å². The minimum Gasteiger partial charge on any atom is -0.352 e. The number of hydrogen-bond acceptors (Lipinski definition) is 4. The maximum atomic E-state index is 4.47. The molecule has 96 valence electrons. The van der Waals surface area contributed by atoms with Crippen LogP contribution in [0.2, 0.25) is 0 Å². The van der Waals surface area contributed by atoms with Gasteiger partial charge in [0.25, 0.3) is 0 Å². The van der Waals surface area contributed by atoms with Crippen molar-refractivity contribution in [1.82, 2.24) is 19.9 Å². The van der Waals surface area contributed by atoms with Crippen molar-refractivity contribution < 1.29 is 0 Å². The molecule has 1 N–H and O–H groups in total. The Bertz CT molecular complexity index is 515. The van der Waals surface area contributed by atoms with Crippen molar-refractivity contribution in [2.45, 2.75) is 45.1 Å². The summed E-state index contributed by atoms with van der Waals surface area (Å²) in [6, 6.07) is 0.616. The van der Waals surface area contributed by atoms with Crippen molar-refractivity contribution in [1.29, 1.82) is 0 Å². The van der Waals surface area contributed by atoms with E-state index in [1.54, 1.807) is 12.7 Å². The van der Waals surface area contributed by atoms with Crippen molar-refractivity contribution >= 4 is 17.0 Å². The smallest absolute Gasteiger partial charge is 0.182 e. The molecule has 2 heterocycles. The molecule has 0 radical (unpaired) electrons. The molecule has 0 aromatic carbocycles. The number of anilines is 1. The number of nitrogens with one attached hydrogen (secondary N) is 1. The normalized spacial score (nSPS) is 17.2. The summed E-state index contributed by atoms with van der Waals surface area (Å²) in [7, 11) is 0. The Labute approximate surface area is 107 Å². The van der Waals surface area contributed by atoms with Gasteiger partial charge in [-0.3, -0.25) is 0 Å². The van der Waals surface area contributed by atoms with Gasteiger partial charge < -0.3 is 9.88 Å². The summed E-state index contributed by atoms with van der Waals surface area (Å²) in [5, 5.41) is 0. The largest absolute Gasteiger partial charge is 0.352 e. The Morgan fingerprint density at radius 2 is 2.06 bits per heavy atom. The molecule has 3 rings (SSSR count). The first-order chi connectivity index (χ1) is 8.90. The molecule has 0 aliphatic heterocycles. The fourth-order valence-corrected chi connectivity index (χ4v) is 2.94. The van der Waals surface area contributed by atoms with E-state index in [-0.39, 0.29) is 0 Å². The number of nitrogens with zero attached hydrogens (tertiary/aromatic N) is 4. The quantitative estimate of drug-likeness (QED) is 0.902. The number of aromatic amines is 1. The number of fused-ring (bicyclic) bond motifs is 1. The van der Waals surface area contributed by atoms with Crippen LogP contribution in [0.15, 0.2) is 12.7 Å². The first-order valence-corrected chi connectivity index (χ1v) is 6.81. The van der Waals surface area contributed by atoms with Crippen LogP contribution < -0.4 is 4.90 Å². The molecule has 5 heteroatoms. The molecule has 2 aromatic rings. The van der Waals surface area contributed by atoms with Gasteiger partial charge in [0.2, 0.25) is 0 Å². The number of imidazole rings is 1. The first-order valence-electron chi connectivity index (χ1n) is 6.81. The van der Waals surface area contributed by atoms with E-state index in [2.05, 4.69) is 31.8 Å². The highest BCUT2D eigenvalue weighted by molar-refractivity contribution is 5.82. The van der Waals surface area contributed by atoms with Gasteiger partial charge in [0, 0.05) is 12.6 Å². The highest BCUT2D eigenvalue weighted by Crippen LogP contribution is 2.28. The van der Waals surface area contributed by atoms with E-state index in [4.69, 9.17) is 0 Å². The Hall–Kier alpha value is -1.65. The van der Waals surface area contributed by atoms with E-state index < -0.39 is 0 Å². The van der Waals surface area contributed by atoms with Gasteiger partial charge in [0.05, 0.1) is 6.33 Å². The van der Waals surface area contributed by atoms with Gasteiger partial charge in [-0.05, 0) is 19.8 Å². The molecule has 0 bridgehead atoms. The molecule has 18 heavy (non-hydrogen) atoms. The van der Waals surface area contributed by atoms with Crippen LogP contribution in [0.1, 0.15) is 39.0 Å². The third kappa shape index (κ3) is 1.94. The first kappa shape index (κ1) is 11.4. The van der Waals surface area contributed by atoms with Crippen molar-refractivity contribution in [3.05, 3.63) is 12.7 Å². The van der Waals surface area contributed by atoms with Crippen LogP contribution in [0.4, 0.5) is 5.82 Å².